The van der Waals surface area contributed by atoms with Crippen molar-refractivity contribution in [3.05, 3.63) is 59.1 Å². The molecule has 2 saturated heterocycles. The van der Waals surface area contributed by atoms with E-state index in [1.807, 2.05) is 41.3 Å². The molecule has 2 fully saturated rings. The summed E-state index contributed by atoms with van der Waals surface area (Å²) in [6, 6.07) is 14.8. The maximum Gasteiger partial charge on any atom is 0.328 e. The zero-order valence-electron chi connectivity index (χ0n) is 20.8. The van der Waals surface area contributed by atoms with Crippen LogP contribution in [0.2, 0.25) is 0 Å². The van der Waals surface area contributed by atoms with Gasteiger partial charge in [-0.25, -0.2) is 9.59 Å². The van der Waals surface area contributed by atoms with E-state index in [4.69, 9.17) is 4.74 Å². The van der Waals surface area contributed by atoms with Gasteiger partial charge in [-0.3, -0.25) is 19.0 Å². The fourth-order valence-corrected chi connectivity index (χ4v) is 5.70. The van der Waals surface area contributed by atoms with Crippen molar-refractivity contribution in [3.8, 4) is 11.1 Å². The molecule has 0 saturated carbocycles. The zero-order chi connectivity index (χ0) is 25.0. The quantitative estimate of drug-likeness (QED) is 0.466. The Labute approximate surface area is 210 Å². The smallest absolute Gasteiger partial charge is 0.328 e. The van der Waals surface area contributed by atoms with Gasteiger partial charge in [0, 0.05) is 51.8 Å². The van der Waals surface area contributed by atoms with Crippen molar-refractivity contribution < 1.29 is 11.0 Å². The number of carbonyl (C=O) groups is 1. The summed E-state index contributed by atoms with van der Waals surface area (Å²) < 4.78 is 8.62. The molecule has 0 spiro atoms. The van der Waals surface area contributed by atoms with Gasteiger partial charge in [-0.05, 0) is 48.9 Å². The monoisotopic (exact) mass is 488 g/mol. The number of imidazole rings is 1. The number of aromatic nitrogens is 3. The minimum absolute atomic E-state index is 0. The minimum atomic E-state index is -0.0836. The highest BCUT2D eigenvalue weighted by Crippen LogP contribution is 2.31. The van der Waals surface area contributed by atoms with Crippen molar-refractivity contribution >= 4 is 33.7 Å². The molecule has 36 heavy (non-hydrogen) atoms. The molecule has 9 nitrogen and oxygen atoms in total. The summed E-state index contributed by atoms with van der Waals surface area (Å²) in [5.41, 5.74) is 5.22. The van der Waals surface area contributed by atoms with Gasteiger partial charge in [0.25, 0.3) is 0 Å². The lowest BCUT2D eigenvalue weighted by molar-refractivity contribution is 0.161. The van der Waals surface area contributed by atoms with Gasteiger partial charge in [-0.15, -0.1) is 0 Å². The van der Waals surface area contributed by atoms with Crippen molar-refractivity contribution in [2.24, 2.45) is 7.05 Å². The number of likely N-dealkylation sites (N-methyl/N-ethyl adjacent to an activating group) is 1. The van der Waals surface area contributed by atoms with Crippen molar-refractivity contribution in [1.29, 1.82) is 0 Å². The zero-order valence-corrected chi connectivity index (χ0v) is 20.8. The van der Waals surface area contributed by atoms with Crippen LogP contribution in [0.25, 0.3) is 33.1 Å². The van der Waals surface area contributed by atoms with E-state index in [1.165, 1.54) is 0 Å². The molecule has 1 N–H and O–H groups in total. The Morgan fingerprint density at radius 1 is 1.11 bits per heavy atom. The number of anilines is 1. The van der Waals surface area contributed by atoms with Gasteiger partial charge in [-0.1, -0.05) is 18.2 Å². The third-order valence-corrected chi connectivity index (χ3v) is 7.73. The lowest BCUT2D eigenvalue weighted by atomic mass is 10.0. The molecular weight excluding hydrogens is 456 g/mol. The van der Waals surface area contributed by atoms with Gasteiger partial charge >= 0.3 is 11.7 Å². The van der Waals surface area contributed by atoms with Crippen LogP contribution in [0.3, 0.4) is 0 Å². The molecular formula is C27H32N6O3. The lowest BCUT2D eigenvalue weighted by Crippen LogP contribution is -2.48. The Kier molecular flexibility index (Phi) is 5.54. The Morgan fingerprint density at radius 3 is 2.58 bits per heavy atom. The minimum Gasteiger partial charge on any atom is -0.383 e. The number of nitrogens with zero attached hydrogens (tertiary/aromatic N) is 5. The topological polar surface area (TPSA) is 84.6 Å². The molecule has 2 aromatic carbocycles. The Balaban J connectivity index is 0.00000280. The molecule has 0 unspecified atom stereocenters. The number of urea groups is 1. The molecule has 2 amide bonds. The maximum atomic E-state index is 12.9. The largest absolute Gasteiger partial charge is 0.383 e. The number of methoxy groups -OCH3 is 1. The fraction of sp³-hybridized carbons (Fsp3) is 0.370. The fourth-order valence-electron chi connectivity index (χ4n) is 5.70. The maximum absolute atomic E-state index is 12.9. The van der Waals surface area contributed by atoms with Crippen LogP contribution in [0.1, 0.15) is 7.85 Å². The number of rotatable bonds is 5. The Bertz CT molecular complexity index is 1530. The van der Waals surface area contributed by atoms with E-state index in [0.29, 0.717) is 25.2 Å². The summed E-state index contributed by atoms with van der Waals surface area (Å²) in [4.78, 5) is 34.6. The van der Waals surface area contributed by atoms with Crippen LogP contribution in [0.15, 0.2) is 53.5 Å². The molecule has 9 heteroatoms. The predicted molar refractivity (Wildman–Crippen MR) is 142 cm³/mol. The van der Waals surface area contributed by atoms with Crippen molar-refractivity contribution in [2.75, 3.05) is 39.2 Å². The molecule has 2 aromatic heterocycles. The van der Waals surface area contributed by atoms with Crippen LogP contribution < -0.4 is 11.0 Å². The van der Waals surface area contributed by atoms with E-state index >= 15 is 0 Å². The van der Waals surface area contributed by atoms with Crippen LogP contribution in [-0.4, -0.2) is 75.9 Å². The first-order chi connectivity index (χ1) is 17.4. The highest BCUT2D eigenvalue weighted by Gasteiger charge is 2.43. The van der Waals surface area contributed by atoms with Crippen LogP contribution >= 0.6 is 0 Å². The summed E-state index contributed by atoms with van der Waals surface area (Å²) in [7, 11) is 5.53. The number of aryl methyl sites for hydroxylation is 1. The lowest BCUT2D eigenvalue weighted by Gasteiger charge is -2.31. The first-order valence-electron chi connectivity index (χ1n) is 12.3. The molecule has 6 rings (SSSR count). The van der Waals surface area contributed by atoms with Crippen molar-refractivity contribution in [3.63, 3.8) is 0 Å². The highest BCUT2D eigenvalue weighted by molar-refractivity contribution is 6.04. The second kappa shape index (κ2) is 8.76. The highest BCUT2D eigenvalue weighted by atomic mass is 16.5. The second-order valence-electron chi connectivity index (χ2n) is 9.85. The number of likely N-dealkylation sites (tertiary alicyclic amines) is 2. The van der Waals surface area contributed by atoms with Gasteiger partial charge in [0.2, 0.25) is 0 Å². The summed E-state index contributed by atoms with van der Waals surface area (Å²) in [5.74, 6) is 0. The molecule has 2 atom stereocenters. The number of pyridine rings is 1. The van der Waals surface area contributed by atoms with Gasteiger partial charge in [-0.2, -0.15) is 0 Å². The normalized spacial score (nSPS) is 19.6. The number of amides is 2. The molecule has 2 bridgehead atoms. The van der Waals surface area contributed by atoms with E-state index in [9.17, 15) is 9.59 Å². The van der Waals surface area contributed by atoms with E-state index in [1.54, 1.807) is 29.5 Å². The van der Waals surface area contributed by atoms with E-state index in [2.05, 4.69) is 28.3 Å². The molecule has 188 valence electrons. The number of ether oxygens (including phenoxy) is 1. The van der Waals surface area contributed by atoms with Crippen LogP contribution in [-0.2, 0) is 18.3 Å². The third-order valence-electron chi connectivity index (χ3n) is 7.73. The number of hydrogen-bond acceptors (Lipinski definition) is 5. The van der Waals surface area contributed by atoms with E-state index < -0.39 is 0 Å². The second-order valence-corrected chi connectivity index (χ2v) is 9.85. The molecule has 2 aliphatic rings. The van der Waals surface area contributed by atoms with Crippen molar-refractivity contribution in [1.82, 2.24) is 23.9 Å². The molecule has 4 aromatic rings. The number of nitrogens with one attached hydrogen (secondary N) is 1. The number of piperazine rings is 1. The number of benzene rings is 2. The average molecular weight is 489 g/mol. The van der Waals surface area contributed by atoms with Gasteiger partial charge < -0.3 is 15.0 Å². The molecule has 4 heterocycles. The summed E-state index contributed by atoms with van der Waals surface area (Å²) in [6.07, 6.45) is 2.82. The Hall–Kier alpha value is -3.69. The standard InChI is InChI=1S/C27H30N6O3.H2/c1-30-15-21-13-20(30)16-33(21)26(34)29-19-7-4-17(5-8-19)18-6-9-23-22(12-18)25-24(14-28-23)31(2)27(35)32(25)10-11-36-3;/h4-9,12,14,20-21H,10-11,13,15-16H2,1-3H3,(H,29,34);1H/t20-,21-;/m0./s1. The molecule has 0 aliphatic carbocycles. The SMILES string of the molecule is COCCn1c(=O)n(C)c2cnc3ccc(-c4ccc(NC(=O)N5C[C@@H]6C[C@H]5CN6C)cc4)cc3c21.[HH]. The van der Waals surface area contributed by atoms with E-state index in [-0.39, 0.29) is 13.1 Å². The number of fused-ring (bicyclic) bond motifs is 5. The van der Waals surface area contributed by atoms with Crippen LogP contribution in [0, 0.1) is 0 Å². The van der Waals surface area contributed by atoms with Gasteiger partial charge in [0.1, 0.15) is 0 Å². The summed E-state index contributed by atoms with van der Waals surface area (Å²) >= 11 is 0. The third kappa shape index (κ3) is 3.66. The first kappa shape index (κ1) is 22.8. The van der Waals surface area contributed by atoms with Gasteiger partial charge in [0.05, 0.1) is 35.9 Å². The summed E-state index contributed by atoms with van der Waals surface area (Å²) in [5, 5.41) is 3.98. The predicted octanol–water partition coefficient (Wildman–Crippen LogP) is 3.37. The summed E-state index contributed by atoms with van der Waals surface area (Å²) in [6.45, 7) is 2.66. The van der Waals surface area contributed by atoms with Gasteiger partial charge in [0.15, 0.2) is 0 Å². The average Bonchev–Trinajstić information content (AvgIpc) is 3.54. The molecule has 2 aliphatic heterocycles. The van der Waals surface area contributed by atoms with E-state index in [0.717, 1.165) is 58.3 Å². The Morgan fingerprint density at radius 2 is 1.89 bits per heavy atom. The number of hydrogen-bond donors (Lipinski definition) is 1. The van der Waals surface area contributed by atoms with Crippen LogP contribution in [0.4, 0.5) is 10.5 Å². The first-order valence-corrected chi connectivity index (χ1v) is 12.3. The molecule has 0 radical (unpaired) electrons. The van der Waals surface area contributed by atoms with Crippen LogP contribution in [0.5, 0.6) is 0 Å². The number of carbonyl (C=O) groups excluding carboxylic acids is 1. The van der Waals surface area contributed by atoms with Crippen molar-refractivity contribution in [2.45, 2.75) is 25.0 Å².